The highest BCUT2D eigenvalue weighted by Crippen LogP contribution is 2.12. The zero-order chi connectivity index (χ0) is 19.8. The number of aliphatic imine (C=N–C) groups is 1. The molecule has 0 bridgehead atoms. The van der Waals surface area contributed by atoms with Crippen molar-refractivity contribution in [3.05, 3.63) is 94.8 Å². The number of aromatic nitrogens is 1. The lowest BCUT2D eigenvalue weighted by atomic mass is 10.1. The molecule has 0 radical (unpaired) electrons. The van der Waals surface area contributed by atoms with Crippen LogP contribution in [0.5, 0.6) is 0 Å². The Morgan fingerprint density at radius 3 is 2.50 bits per heavy atom. The second-order valence-electron chi connectivity index (χ2n) is 6.16. The van der Waals surface area contributed by atoms with E-state index < -0.39 is 0 Å². The summed E-state index contributed by atoms with van der Waals surface area (Å²) in [6, 6.07) is 18.5. The predicted molar refractivity (Wildman–Crippen MR) is 114 cm³/mol. The van der Waals surface area contributed by atoms with Crippen molar-refractivity contribution in [3.8, 4) is 0 Å². The molecule has 0 fully saturated rings. The Kier molecular flexibility index (Phi) is 6.76. The number of hydrogen-bond acceptors (Lipinski definition) is 3. The van der Waals surface area contributed by atoms with E-state index in [-0.39, 0.29) is 5.91 Å². The van der Waals surface area contributed by atoms with Crippen LogP contribution in [0.15, 0.2) is 78.0 Å². The van der Waals surface area contributed by atoms with Crippen molar-refractivity contribution in [2.24, 2.45) is 4.99 Å². The minimum Gasteiger partial charge on any atom is -0.326 e. The van der Waals surface area contributed by atoms with E-state index in [1.54, 1.807) is 36.7 Å². The van der Waals surface area contributed by atoms with E-state index in [2.05, 4.69) is 33.6 Å². The van der Waals surface area contributed by atoms with E-state index in [1.165, 1.54) is 5.56 Å². The van der Waals surface area contributed by atoms with E-state index in [4.69, 9.17) is 11.6 Å². The van der Waals surface area contributed by atoms with Crippen molar-refractivity contribution < 1.29 is 4.79 Å². The molecular formula is C22H21ClN4O. The van der Waals surface area contributed by atoms with Gasteiger partial charge in [0, 0.05) is 28.7 Å². The molecule has 0 unspecified atom stereocenters. The number of amides is 1. The molecule has 5 nitrogen and oxygen atoms in total. The van der Waals surface area contributed by atoms with Crippen molar-refractivity contribution in [2.75, 3.05) is 5.32 Å². The summed E-state index contributed by atoms with van der Waals surface area (Å²) in [5.74, 6) is 0.120. The quantitative estimate of drug-likeness (QED) is 0.488. The van der Waals surface area contributed by atoms with Crippen LogP contribution in [-0.4, -0.2) is 16.9 Å². The van der Waals surface area contributed by atoms with Gasteiger partial charge in [-0.1, -0.05) is 30.7 Å². The summed E-state index contributed by atoms with van der Waals surface area (Å²) in [6.07, 6.45) is 4.36. The first-order chi connectivity index (χ1) is 13.6. The van der Waals surface area contributed by atoms with Gasteiger partial charge in [-0.3, -0.25) is 15.1 Å². The van der Waals surface area contributed by atoms with Crippen LogP contribution in [0.4, 0.5) is 5.69 Å². The maximum absolute atomic E-state index is 12.6. The average molecular weight is 393 g/mol. The Bertz CT molecular complexity index is 956. The molecule has 0 spiro atoms. The van der Waals surface area contributed by atoms with Crippen molar-refractivity contribution in [1.29, 1.82) is 0 Å². The first kappa shape index (κ1) is 19.6. The summed E-state index contributed by atoms with van der Waals surface area (Å²) in [5.41, 5.74) is 3.56. The van der Waals surface area contributed by atoms with E-state index in [9.17, 15) is 4.79 Å². The van der Waals surface area contributed by atoms with Crippen molar-refractivity contribution in [3.63, 3.8) is 0 Å². The van der Waals surface area contributed by atoms with E-state index >= 15 is 0 Å². The third kappa shape index (κ3) is 5.66. The van der Waals surface area contributed by atoms with E-state index in [0.29, 0.717) is 23.1 Å². The van der Waals surface area contributed by atoms with Gasteiger partial charge in [-0.15, -0.1) is 0 Å². The van der Waals surface area contributed by atoms with Crippen molar-refractivity contribution in [1.82, 2.24) is 10.3 Å². The molecule has 0 aliphatic carbocycles. The molecule has 0 saturated heterocycles. The molecular weight excluding hydrogens is 372 g/mol. The maximum atomic E-state index is 12.6. The lowest BCUT2D eigenvalue weighted by Crippen LogP contribution is -2.36. The molecule has 2 aromatic carbocycles. The number of guanidine groups is 1. The number of nitrogens with zero attached hydrogens (tertiary/aromatic N) is 2. The standard InChI is InChI=1S/C22H21ClN4O/c1-2-16-4-3-5-20(14-16)26-22(25-15-17-10-12-24-13-11-17)27-21(28)18-6-8-19(23)9-7-18/h3-14H,2,15H2,1H3,(H2,25,26,27,28). The monoisotopic (exact) mass is 392 g/mol. The SMILES string of the molecule is CCc1cccc(NC(=NCc2ccncc2)NC(=O)c2ccc(Cl)cc2)c1. The van der Waals surface area contributed by atoms with Gasteiger partial charge in [0.1, 0.15) is 0 Å². The van der Waals surface area contributed by atoms with Crippen LogP contribution in [0.1, 0.15) is 28.4 Å². The molecule has 1 aromatic heterocycles. The highest BCUT2D eigenvalue weighted by Gasteiger charge is 2.10. The number of pyridine rings is 1. The smallest absolute Gasteiger partial charge is 0.257 e. The fourth-order valence-electron chi connectivity index (χ4n) is 2.56. The molecule has 0 saturated carbocycles. The summed E-state index contributed by atoms with van der Waals surface area (Å²) in [5, 5.41) is 6.64. The Hall–Kier alpha value is -3.18. The van der Waals surface area contributed by atoms with Gasteiger partial charge < -0.3 is 5.32 Å². The largest absolute Gasteiger partial charge is 0.326 e. The predicted octanol–water partition coefficient (Wildman–Crippen LogP) is 4.70. The number of hydrogen-bond donors (Lipinski definition) is 2. The minimum atomic E-state index is -0.260. The van der Waals surface area contributed by atoms with Crippen LogP contribution in [0.25, 0.3) is 0 Å². The summed E-state index contributed by atoms with van der Waals surface area (Å²) >= 11 is 5.90. The number of anilines is 1. The Balaban J connectivity index is 1.80. The van der Waals surface area contributed by atoms with Gasteiger partial charge in [-0.25, -0.2) is 4.99 Å². The van der Waals surface area contributed by atoms with Crippen molar-refractivity contribution in [2.45, 2.75) is 19.9 Å². The lowest BCUT2D eigenvalue weighted by Gasteiger charge is -2.13. The molecule has 28 heavy (non-hydrogen) atoms. The highest BCUT2D eigenvalue weighted by molar-refractivity contribution is 6.30. The average Bonchev–Trinajstić information content (AvgIpc) is 2.73. The Labute approximate surface area is 169 Å². The van der Waals surface area contributed by atoms with Gasteiger partial charge in [0.25, 0.3) is 5.91 Å². The Morgan fingerprint density at radius 1 is 1.04 bits per heavy atom. The molecule has 1 heterocycles. The molecule has 142 valence electrons. The topological polar surface area (TPSA) is 66.4 Å². The van der Waals surface area contributed by atoms with Crippen LogP contribution in [0.3, 0.4) is 0 Å². The van der Waals surface area contributed by atoms with Crippen LogP contribution in [0.2, 0.25) is 5.02 Å². The summed E-state index contributed by atoms with van der Waals surface area (Å²) in [6.45, 7) is 2.51. The number of rotatable bonds is 5. The normalized spacial score (nSPS) is 11.1. The third-order valence-corrected chi connectivity index (χ3v) is 4.36. The number of nitrogens with one attached hydrogen (secondary N) is 2. The summed E-state index contributed by atoms with van der Waals surface area (Å²) < 4.78 is 0. The molecule has 0 atom stereocenters. The number of benzene rings is 2. The zero-order valence-electron chi connectivity index (χ0n) is 15.5. The van der Waals surface area contributed by atoms with Gasteiger partial charge >= 0.3 is 0 Å². The van der Waals surface area contributed by atoms with Crippen LogP contribution in [-0.2, 0) is 13.0 Å². The summed E-state index contributed by atoms with van der Waals surface area (Å²) in [4.78, 5) is 21.2. The summed E-state index contributed by atoms with van der Waals surface area (Å²) in [7, 11) is 0. The first-order valence-corrected chi connectivity index (χ1v) is 9.38. The highest BCUT2D eigenvalue weighted by atomic mass is 35.5. The first-order valence-electron chi connectivity index (χ1n) is 9.00. The molecule has 0 aliphatic rings. The molecule has 6 heteroatoms. The maximum Gasteiger partial charge on any atom is 0.257 e. The molecule has 0 aliphatic heterocycles. The van der Waals surface area contributed by atoms with Crippen molar-refractivity contribution >= 4 is 29.2 Å². The fraction of sp³-hybridized carbons (Fsp3) is 0.136. The fourth-order valence-corrected chi connectivity index (χ4v) is 2.68. The van der Waals surface area contributed by atoms with Crippen LogP contribution >= 0.6 is 11.6 Å². The third-order valence-electron chi connectivity index (χ3n) is 4.11. The lowest BCUT2D eigenvalue weighted by molar-refractivity contribution is 0.0977. The zero-order valence-corrected chi connectivity index (χ0v) is 16.3. The van der Waals surface area contributed by atoms with Gasteiger partial charge in [0.05, 0.1) is 6.54 Å². The molecule has 1 amide bonds. The van der Waals surface area contributed by atoms with Crippen LogP contribution in [0, 0.1) is 0 Å². The number of halogens is 1. The second kappa shape index (κ2) is 9.67. The van der Waals surface area contributed by atoms with Crippen LogP contribution < -0.4 is 10.6 Å². The number of carbonyl (C=O) groups excluding carboxylic acids is 1. The Morgan fingerprint density at radius 2 is 1.79 bits per heavy atom. The molecule has 3 rings (SSSR count). The van der Waals surface area contributed by atoms with Gasteiger partial charge in [0.15, 0.2) is 0 Å². The van der Waals surface area contributed by atoms with E-state index in [0.717, 1.165) is 17.7 Å². The number of aryl methyl sites for hydroxylation is 1. The molecule has 2 N–H and O–H groups in total. The second-order valence-corrected chi connectivity index (χ2v) is 6.60. The minimum absolute atomic E-state index is 0.260. The van der Waals surface area contributed by atoms with E-state index in [1.807, 2.05) is 30.3 Å². The molecule has 3 aromatic rings. The number of carbonyl (C=O) groups is 1. The van der Waals surface area contributed by atoms with Gasteiger partial charge in [0.2, 0.25) is 5.96 Å². The van der Waals surface area contributed by atoms with Gasteiger partial charge in [-0.2, -0.15) is 0 Å². The van der Waals surface area contributed by atoms with Gasteiger partial charge in [-0.05, 0) is 66.1 Å².